The maximum Gasteiger partial charge on any atom is 0.408 e. The van der Waals surface area contributed by atoms with Crippen molar-refractivity contribution in [3.05, 3.63) is 34.9 Å². The summed E-state index contributed by atoms with van der Waals surface area (Å²) in [5, 5.41) is 5.88. The third kappa shape index (κ3) is 9.14. The third-order valence-corrected chi connectivity index (χ3v) is 6.56. The van der Waals surface area contributed by atoms with Crippen LogP contribution in [0.4, 0.5) is 4.79 Å². The minimum atomic E-state index is -0.824. The average molecular weight is 504 g/mol. The Labute approximate surface area is 218 Å². The Morgan fingerprint density at radius 2 is 1.67 bits per heavy atom. The van der Waals surface area contributed by atoms with Gasteiger partial charge in [-0.1, -0.05) is 64.3 Å². The summed E-state index contributed by atoms with van der Waals surface area (Å²) < 4.78 is 5.47. The van der Waals surface area contributed by atoms with E-state index in [9.17, 15) is 14.4 Å². The first-order valence-electron chi connectivity index (χ1n) is 13.4. The van der Waals surface area contributed by atoms with Crippen molar-refractivity contribution in [3.63, 3.8) is 0 Å². The highest BCUT2D eigenvalue weighted by atomic mass is 16.6. The number of carbonyl (C=O) groups is 3. The highest BCUT2D eigenvalue weighted by Crippen LogP contribution is 2.30. The maximum atomic E-state index is 14.3. The van der Waals surface area contributed by atoms with Crippen LogP contribution >= 0.6 is 0 Å². The molecular weight excluding hydrogens is 454 g/mol. The van der Waals surface area contributed by atoms with Crippen LogP contribution in [0.5, 0.6) is 0 Å². The first-order valence-corrected chi connectivity index (χ1v) is 13.4. The number of hydrogen-bond acceptors (Lipinski definition) is 4. The normalized spacial score (nSPS) is 14.8. The summed E-state index contributed by atoms with van der Waals surface area (Å²) in [5.41, 5.74) is 2.07. The molecule has 1 aromatic rings. The van der Waals surface area contributed by atoms with E-state index >= 15 is 0 Å². The van der Waals surface area contributed by atoms with E-state index in [1.54, 1.807) is 25.7 Å². The topological polar surface area (TPSA) is 87.7 Å². The summed E-state index contributed by atoms with van der Waals surface area (Å²) in [5.74, 6) is -0.633. The lowest BCUT2D eigenvalue weighted by Gasteiger charge is -2.40. The SMILES string of the molecule is CCCCNC(=O)C(c1cc(C)ccc1C)N(C(=O)C(NC(=O)OC(C)(C)C)C(C)CC)C(C)CC. The number of aryl methyl sites for hydroxylation is 2. The van der Waals surface area contributed by atoms with Gasteiger partial charge in [-0.15, -0.1) is 0 Å². The number of amides is 3. The molecule has 0 fully saturated rings. The second-order valence-electron chi connectivity index (χ2n) is 10.9. The minimum Gasteiger partial charge on any atom is -0.444 e. The summed E-state index contributed by atoms with van der Waals surface area (Å²) in [4.78, 5) is 42.4. The molecule has 1 rings (SSSR count). The first-order chi connectivity index (χ1) is 16.8. The van der Waals surface area contributed by atoms with Gasteiger partial charge in [0.05, 0.1) is 0 Å². The zero-order chi connectivity index (χ0) is 27.6. The molecule has 36 heavy (non-hydrogen) atoms. The van der Waals surface area contributed by atoms with Crippen molar-refractivity contribution in [1.29, 1.82) is 0 Å². The lowest BCUT2D eigenvalue weighted by molar-refractivity contribution is -0.146. The van der Waals surface area contributed by atoms with Crippen LogP contribution < -0.4 is 10.6 Å². The Morgan fingerprint density at radius 3 is 2.19 bits per heavy atom. The molecule has 0 aliphatic rings. The molecule has 7 nitrogen and oxygen atoms in total. The Balaban J connectivity index is 3.60. The van der Waals surface area contributed by atoms with Gasteiger partial charge in [0.15, 0.2) is 0 Å². The van der Waals surface area contributed by atoms with Gasteiger partial charge in [0.1, 0.15) is 17.7 Å². The van der Waals surface area contributed by atoms with Crippen LogP contribution in [0.15, 0.2) is 18.2 Å². The number of unbranched alkanes of at least 4 members (excludes halogenated alkanes) is 1. The molecule has 0 bridgehead atoms. The van der Waals surface area contributed by atoms with Gasteiger partial charge < -0.3 is 20.3 Å². The molecule has 4 unspecified atom stereocenters. The zero-order valence-corrected chi connectivity index (χ0v) is 24.2. The molecule has 0 radical (unpaired) electrons. The fourth-order valence-corrected chi connectivity index (χ4v) is 4.03. The van der Waals surface area contributed by atoms with Crippen molar-refractivity contribution < 1.29 is 19.1 Å². The number of ether oxygens (including phenoxy) is 1. The lowest BCUT2D eigenvalue weighted by Crippen LogP contribution is -2.57. The standard InChI is InChI=1S/C29H49N3O4/c1-11-14-17-30-26(33)25(23-18-19(4)15-16-21(23)6)32(22(7)13-3)27(34)24(20(5)12-2)31-28(35)36-29(8,9)10/h15-16,18,20,22,24-25H,11-14,17H2,1-10H3,(H,30,33)(H,31,35). The van der Waals surface area contributed by atoms with E-state index in [4.69, 9.17) is 4.74 Å². The quantitative estimate of drug-likeness (QED) is 0.352. The summed E-state index contributed by atoms with van der Waals surface area (Å²) >= 11 is 0. The van der Waals surface area contributed by atoms with Gasteiger partial charge in [0.2, 0.25) is 11.8 Å². The monoisotopic (exact) mass is 503 g/mol. The molecule has 0 saturated heterocycles. The molecule has 3 amide bonds. The van der Waals surface area contributed by atoms with Crippen LogP contribution in [0.2, 0.25) is 0 Å². The number of carbonyl (C=O) groups excluding carboxylic acids is 3. The number of hydrogen-bond donors (Lipinski definition) is 2. The minimum absolute atomic E-state index is 0.154. The summed E-state index contributed by atoms with van der Waals surface area (Å²) in [6, 6.07) is 4.12. The molecule has 0 aromatic heterocycles. The molecule has 204 valence electrons. The van der Waals surface area contributed by atoms with Gasteiger partial charge in [0, 0.05) is 12.6 Å². The third-order valence-electron chi connectivity index (χ3n) is 6.56. The van der Waals surface area contributed by atoms with Gasteiger partial charge in [-0.2, -0.15) is 0 Å². The average Bonchev–Trinajstić information content (AvgIpc) is 2.80. The van der Waals surface area contributed by atoms with Crippen LogP contribution in [-0.4, -0.2) is 47.0 Å². The van der Waals surface area contributed by atoms with E-state index in [2.05, 4.69) is 17.6 Å². The second kappa shape index (κ2) is 14.2. The number of nitrogens with one attached hydrogen (secondary N) is 2. The van der Waals surface area contributed by atoms with Crippen LogP contribution in [0.1, 0.15) is 104 Å². The molecule has 0 saturated carbocycles. The predicted octanol–water partition coefficient (Wildman–Crippen LogP) is 5.83. The number of nitrogens with zero attached hydrogens (tertiary/aromatic N) is 1. The zero-order valence-electron chi connectivity index (χ0n) is 24.2. The Kier molecular flexibility index (Phi) is 12.4. The fraction of sp³-hybridized carbons (Fsp3) is 0.690. The fourth-order valence-electron chi connectivity index (χ4n) is 4.03. The molecular formula is C29H49N3O4. The van der Waals surface area contributed by atoms with E-state index in [0.29, 0.717) is 19.4 Å². The smallest absolute Gasteiger partial charge is 0.408 e. The predicted molar refractivity (Wildman–Crippen MR) is 146 cm³/mol. The summed E-state index contributed by atoms with van der Waals surface area (Å²) in [6.07, 6.45) is 2.52. The molecule has 0 heterocycles. The lowest BCUT2D eigenvalue weighted by atomic mass is 9.92. The van der Waals surface area contributed by atoms with E-state index < -0.39 is 23.8 Å². The largest absolute Gasteiger partial charge is 0.444 e. The Hall–Kier alpha value is -2.57. The second-order valence-corrected chi connectivity index (χ2v) is 10.9. The maximum absolute atomic E-state index is 14.3. The van der Waals surface area contributed by atoms with Crippen molar-refractivity contribution in [2.24, 2.45) is 5.92 Å². The van der Waals surface area contributed by atoms with E-state index in [-0.39, 0.29) is 23.8 Å². The van der Waals surface area contributed by atoms with E-state index in [0.717, 1.165) is 29.5 Å². The summed E-state index contributed by atoms with van der Waals surface area (Å²) in [7, 11) is 0. The van der Waals surface area contributed by atoms with Gasteiger partial charge in [-0.05, 0) is 71.4 Å². The van der Waals surface area contributed by atoms with Crippen LogP contribution in [0.25, 0.3) is 0 Å². The van der Waals surface area contributed by atoms with Crippen LogP contribution in [0.3, 0.4) is 0 Å². The van der Waals surface area contributed by atoms with Crippen LogP contribution in [-0.2, 0) is 14.3 Å². The Bertz CT molecular complexity index is 878. The van der Waals surface area contributed by atoms with Crippen molar-refractivity contribution in [2.45, 2.75) is 119 Å². The first kappa shape index (κ1) is 31.5. The molecule has 0 aliphatic heterocycles. The highest BCUT2D eigenvalue weighted by Gasteiger charge is 2.40. The van der Waals surface area contributed by atoms with Gasteiger partial charge in [0.25, 0.3) is 0 Å². The van der Waals surface area contributed by atoms with E-state index in [1.807, 2.05) is 59.7 Å². The number of alkyl carbamates (subject to hydrolysis) is 1. The molecule has 2 N–H and O–H groups in total. The molecule has 0 spiro atoms. The van der Waals surface area contributed by atoms with Gasteiger partial charge >= 0.3 is 6.09 Å². The number of rotatable bonds is 12. The van der Waals surface area contributed by atoms with Crippen molar-refractivity contribution in [1.82, 2.24) is 15.5 Å². The van der Waals surface area contributed by atoms with Gasteiger partial charge in [-0.25, -0.2) is 4.79 Å². The summed E-state index contributed by atoms with van der Waals surface area (Å²) in [6.45, 7) is 19.8. The van der Waals surface area contributed by atoms with E-state index in [1.165, 1.54) is 0 Å². The number of benzene rings is 1. The van der Waals surface area contributed by atoms with Crippen molar-refractivity contribution >= 4 is 17.9 Å². The highest BCUT2D eigenvalue weighted by molar-refractivity contribution is 5.92. The van der Waals surface area contributed by atoms with Crippen LogP contribution in [0, 0.1) is 19.8 Å². The van der Waals surface area contributed by atoms with Gasteiger partial charge in [-0.3, -0.25) is 9.59 Å². The van der Waals surface area contributed by atoms with Crippen molar-refractivity contribution in [3.8, 4) is 0 Å². The van der Waals surface area contributed by atoms with Crippen molar-refractivity contribution in [2.75, 3.05) is 6.54 Å². The molecule has 7 heteroatoms. The molecule has 1 aromatic carbocycles. The Morgan fingerprint density at radius 1 is 1.03 bits per heavy atom. The molecule has 0 aliphatic carbocycles. The molecule has 4 atom stereocenters.